The van der Waals surface area contributed by atoms with Gasteiger partial charge < -0.3 is 10.2 Å². The first-order valence-corrected chi connectivity index (χ1v) is 7.91. The first-order valence-electron chi connectivity index (χ1n) is 7.91. The smallest absolute Gasteiger partial charge is 0.0399 e. The molecule has 1 aliphatic rings. The fourth-order valence-electron chi connectivity index (χ4n) is 3.01. The molecule has 106 valence electrons. The van der Waals surface area contributed by atoms with Gasteiger partial charge in [-0.25, -0.2) is 0 Å². The topological polar surface area (TPSA) is 15.3 Å². The molecule has 0 amide bonds. The molecule has 1 N–H and O–H groups in total. The minimum Gasteiger partial charge on any atom is -0.370 e. The maximum Gasteiger partial charge on any atom is 0.0399 e. The predicted molar refractivity (Wildman–Crippen MR) is 84.0 cm³/mol. The van der Waals surface area contributed by atoms with Gasteiger partial charge in [-0.05, 0) is 43.9 Å². The molecule has 2 rings (SSSR count). The standard InChI is InChI=1S/C17H28N2/c1-3-8-15-9-5-6-11-17(15)19-13-7-10-16(14-19)18-12-4-2/h5-6,9,11,16,18H,3-4,7-8,10,12-14H2,1-2H3. The average molecular weight is 260 g/mol. The van der Waals surface area contributed by atoms with Crippen LogP contribution < -0.4 is 10.2 Å². The van der Waals surface area contributed by atoms with Crippen LogP contribution in [0.5, 0.6) is 0 Å². The number of rotatable bonds is 6. The normalized spacial score (nSPS) is 19.7. The van der Waals surface area contributed by atoms with Crippen LogP contribution in [0.1, 0.15) is 45.1 Å². The molecule has 2 heteroatoms. The maximum absolute atomic E-state index is 3.68. The van der Waals surface area contributed by atoms with E-state index in [-0.39, 0.29) is 0 Å². The Morgan fingerprint density at radius 2 is 2.05 bits per heavy atom. The molecule has 19 heavy (non-hydrogen) atoms. The Bertz CT molecular complexity index is 375. The molecule has 1 saturated heterocycles. The van der Waals surface area contributed by atoms with Gasteiger partial charge >= 0.3 is 0 Å². The lowest BCUT2D eigenvalue weighted by atomic mass is 10.0. The number of nitrogens with zero attached hydrogens (tertiary/aromatic N) is 1. The van der Waals surface area contributed by atoms with Crippen molar-refractivity contribution in [3.63, 3.8) is 0 Å². The van der Waals surface area contributed by atoms with E-state index in [2.05, 4.69) is 48.3 Å². The van der Waals surface area contributed by atoms with Gasteiger partial charge in [0.05, 0.1) is 0 Å². The van der Waals surface area contributed by atoms with Crippen LogP contribution in [-0.2, 0) is 6.42 Å². The zero-order chi connectivity index (χ0) is 13.5. The van der Waals surface area contributed by atoms with Crippen molar-refractivity contribution >= 4 is 5.69 Å². The number of hydrogen-bond acceptors (Lipinski definition) is 2. The lowest BCUT2D eigenvalue weighted by Crippen LogP contribution is -2.46. The number of piperidine rings is 1. The summed E-state index contributed by atoms with van der Waals surface area (Å²) in [4.78, 5) is 2.59. The van der Waals surface area contributed by atoms with Gasteiger partial charge in [0.15, 0.2) is 0 Å². The van der Waals surface area contributed by atoms with E-state index < -0.39 is 0 Å². The van der Waals surface area contributed by atoms with E-state index in [4.69, 9.17) is 0 Å². The molecule has 1 atom stereocenters. The second-order valence-electron chi connectivity index (χ2n) is 5.62. The highest BCUT2D eigenvalue weighted by atomic mass is 15.2. The van der Waals surface area contributed by atoms with Crippen molar-refractivity contribution in [2.75, 3.05) is 24.5 Å². The van der Waals surface area contributed by atoms with Gasteiger partial charge in [-0.1, -0.05) is 38.5 Å². The molecule has 0 aliphatic carbocycles. The SMILES string of the molecule is CCCNC1CCCN(c2ccccc2CCC)C1. The largest absolute Gasteiger partial charge is 0.370 e. The number of nitrogens with one attached hydrogen (secondary N) is 1. The van der Waals surface area contributed by atoms with E-state index in [0.29, 0.717) is 6.04 Å². The van der Waals surface area contributed by atoms with Crippen molar-refractivity contribution in [3.8, 4) is 0 Å². The predicted octanol–water partition coefficient (Wildman–Crippen LogP) is 3.61. The molecular formula is C17H28N2. The summed E-state index contributed by atoms with van der Waals surface area (Å²) in [7, 11) is 0. The van der Waals surface area contributed by atoms with E-state index in [1.165, 1.54) is 56.4 Å². The Morgan fingerprint density at radius 3 is 2.84 bits per heavy atom. The van der Waals surface area contributed by atoms with Gasteiger partial charge in [0.1, 0.15) is 0 Å². The fourth-order valence-corrected chi connectivity index (χ4v) is 3.01. The Labute approximate surface area is 118 Å². The monoisotopic (exact) mass is 260 g/mol. The molecule has 1 aliphatic heterocycles. The van der Waals surface area contributed by atoms with Crippen LogP contribution in [0.4, 0.5) is 5.69 Å². The minimum atomic E-state index is 0.670. The van der Waals surface area contributed by atoms with E-state index in [1.54, 1.807) is 0 Å². The van der Waals surface area contributed by atoms with E-state index >= 15 is 0 Å². The van der Waals surface area contributed by atoms with E-state index in [9.17, 15) is 0 Å². The molecule has 1 unspecified atom stereocenters. The Balaban J connectivity index is 2.04. The van der Waals surface area contributed by atoms with Gasteiger partial charge in [0.25, 0.3) is 0 Å². The van der Waals surface area contributed by atoms with Crippen LogP contribution in [0, 0.1) is 0 Å². The third kappa shape index (κ3) is 3.97. The quantitative estimate of drug-likeness (QED) is 0.840. The Hall–Kier alpha value is -1.02. The molecule has 2 nitrogen and oxygen atoms in total. The lowest BCUT2D eigenvalue weighted by molar-refractivity contribution is 0.423. The van der Waals surface area contributed by atoms with Crippen LogP contribution in [0.3, 0.4) is 0 Å². The van der Waals surface area contributed by atoms with Crippen molar-refractivity contribution in [1.82, 2.24) is 5.32 Å². The van der Waals surface area contributed by atoms with Crippen molar-refractivity contribution in [1.29, 1.82) is 0 Å². The fraction of sp³-hybridized carbons (Fsp3) is 0.647. The summed E-state index contributed by atoms with van der Waals surface area (Å²) in [6.45, 7) is 8.03. The maximum atomic E-state index is 3.68. The van der Waals surface area contributed by atoms with Crippen molar-refractivity contribution in [2.24, 2.45) is 0 Å². The van der Waals surface area contributed by atoms with E-state index in [0.717, 1.165) is 6.54 Å². The molecule has 0 radical (unpaired) electrons. The van der Waals surface area contributed by atoms with Crippen LogP contribution in [0.2, 0.25) is 0 Å². The molecule has 1 aromatic carbocycles. The summed E-state index contributed by atoms with van der Waals surface area (Å²) in [6, 6.07) is 9.61. The number of hydrogen-bond donors (Lipinski definition) is 1. The minimum absolute atomic E-state index is 0.670. The summed E-state index contributed by atoms with van der Waals surface area (Å²) in [6.07, 6.45) is 6.28. The number of aryl methyl sites for hydroxylation is 1. The molecule has 1 aromatic rings. The van der Waals surface area contributed by atoms with Gasteiger partial charge in [0.2, 0.25) is 0 Å². The third-order valence-corrected chi connectivity index (χ3v) is 3.96. The summed E-state index contributed by atoms with van der Waals surface area (Å²) < 4.78 is 0. The highest BCUT2D eigenvalue weighted by molar-refractivity contribution is 5.54. The summed E-state index contributed by atoms with van der Waals surface area (Å²) in [5.74, 6) is 0. The van der Waals surface area contributed by atoms with E-state index in [1.807, 2.05) is 0 Å². The highest BCUT2D eigenvalue weighted by Gasteiger charge is 2.20. The Morgan fingerprint density at radius 1 is 1.21 bits per heavy atom. The van der Waals surface area contributed by atoms with Gasteiger partial charge in [-0.2, -0.15) is 0 Å². The summed E-state index contributed by atoms with van der Waals surface area (Å²) in [5, 5.41) is 3.68. The lowest BCUT2D eigenvalue weighted by Gasteiger charge is -2.36. The van der Waals surface area contributed by atoms with Crippen molar-refractivity contribution < 1.29 is 0 Å². The van der Waals surface area contributed by atoms with Gasteiger partial charge in [-0.15, -0.1) is 0 Å². The number of anilines is 1. The first kappa shape index (κ1) is 14.4. The zero-order valence-corrected chi connectivity index (χ0v) is 12.5. The van der Waals surface area contributed by atoms with Crippen molar-refractivity contribution in [3.05, 3.63) is 29.8 Å². The second kappa shape index (κ2) is 7.54. The summed E-state index contributed by atoms with van der Waals surface area (Å²) >= 11 is 0. The van der Waals surface area contributed by atoms with Crippen LogP contribution in [-0.4, -0.2) is 25.7 Å². The second-order valence-corrected chi connectivity index (χ2v) is 5.62. The zero-order valence-electron chi connectivity index (χ0n) is 12.5. The Kier molecular flexibility index (Phi) is 5.71. The first-order chi connectivity index (χ1) is 9.35. The molecule has 1 heterocycles. The molecule has 1 fully saturated rings. The van der Waals surface area contributed by atoms with Gasteiger partial charge in [0, 0.05) is 24.8 Å². The average Bonchev–Trinajstić information content (AvgIpc) is 2.46. The summed E-state index contributed by atoms with van der Waals surface area (Å²) in [5.41, 5.74) is 2.98. The number of para-hydroxylation sites is 1. The highest BCUT2D eigenvalue weighted by Crippen LogP contribution is 2.25. The van der Waals surface area contributed by atoms with Gasteiger partial charge in [-0.3, -0.25) is 0 Å². The third-order valence-electron chi connectivity index (χ3n) is 3.96. The van der Waals surface area contributed by atoms with Crippen LogP contribution >= 0.6 is 0 Å². The molecular weight excluding hydrogens is 232 g/mol. The molecule has 0 bridgehead atoms. The van der Waals surface area contributed by atoms with Crippen LogP contribution in [0.25, 0.3) is 0 Å². The van der Waals surface area contributed by atoms with Crippen molar-refractivity contribution in [2.45, 2.75) is 52.0 Å². The molecule has 0 saturated carbocycles. The molecule has 0 aromatic heterocycles. The molecule has 0 spiro atoms. The number of benzene rings is 1. The van der Waals surface area contributed by atoms with Crippen LogP contribution in [0.15, 0.2) is 24.3 Å².